The van der Waals surface area contributed by atoms with Crippen molar-refractivity contribution in [3.63, 3.8) is 0 Å². The molecule has 1 atom stereocenters. The number of carbonyl (C=O) groups excluding carboxylic acids is 1. The summed E-state index contributed by atoms with van der Waals surface area (Å²) in [5.41, 5.74) is 2.12. The van der Waals surface area contributed by atoms with Crippen LogP contribution in [0.3, 0.4) is 0 Å². The molecule has 1 unspecified atom stereocenters. The van der Waals surface area contributed by atoms with E-state index in [1.807, 2.05) is 26.8 Å². The van der Waals surface area contributed by atoms with E-state index >= 15 is 0 Å². The Morgan fingerprint density at radius 1 is 1.23 bits per heavy atom. The number of rotatable bonds is 11. The molecule has 0 aliphatic heterocycles. The van der Waals surface area contributed by atoms with Gasteiger partial charge in [0.1, 0.15) is 6.17 Å². The van der Waals surface area contributed by atoms with Crippen molar-refractivity contribution in [3.8, 4) is 11.1 Å². The van der Waals surface area contributed by atoms with Crippen LogP contribution in [0.1, 0.15) is 51.7 Å². The number of hydrogen-bond donors (Lipinski definition) is 0. The van der Waals surface area contributed by atoms with Crippen LogP contribution in [0, 0.1) is 0 Å². The molecule has 39 heavy (non-hydrogen) atoms. The molecule has 2 heterocycles. The molecule has 0 N–H and O–H groups in total. The first-order chi connectivity index (χ1) is 18.5. The molecule has 3 aromatic rings. The van der Waals surface area contributed by atoms with Gasteiger partial charge in [-0.1, -0.05) is 38.1 Å². The van der Waals surface area contributed by atoms with Crippen molar-refractivity contribution in [3.05, 3.63) is 60.0 Å². The molecule has 1 amide bonds. The fourth-order valence-corrected chi connectivity index (χ4v) is 5.59. The molecule has 208 valence electrons. The third-order valence-corrected chi connectivity index (χ3v) is 8.67. The maximum atomic E-state index is 13.5. The van der Waals surface area contributed by atoms with Gasteiger partial charge in [0.05, 0.1) is 37.3 Å². The van der Waals surface area contributed by atoms with Crippen LogP contribution in [0.4, 0.5) is 10.1 Å². The van der Waals surface area contributed by atoms with Gasteiger partial charge in [-0.15, -0.1) is 0 Å². The van der Waals surface area contributed by atoms with Gasteiger partial charge in [0, 0.05) is 35.2 Å². The lowest BCUT2D eigenvalue weighted by Crippen LogP contribution is -2.38. The zero-order valence-electron chi connectivity index (χ0n) is 22.2. The Kier molecular flexibility index (Phi) is 7.43. The SMILES string of the molecule is CC(C)(C)c1noc(CCOCCN(C(=O)C2=CC(F)C2)c2cccc(-c3cnn(S(=O)(=O)C4CC4)c3)c2)n1. The summed E-state index contributed by atoms with van der Waals surface area (Å²) in [5.74, 6) is 0.826. The summed E-state index contributed by atoms with van der Waals surface area (Å²) in [6, 6.07) is 7.19. The van der Waals surface area contributed by atoms with Gasteiger partial charge in [-0.25, -0.2) is 12.8 Å². The predicted molar refractivity (Wildman–Crippen MR) is 142 cm³/mol. The van der Waals surface area contributed by atoms with Gasteiger partial charge >= 0.3 is 0 Å². The van der Waals surface area contributed by atoms with Crippen molar-refractivity contribution < 1.29 is 26.9 Å². The summed E-state index contributed by atoms with van der Waals surface area (Å²) < 4.78 is 50.6. The molecule has 2 aliphatic rings. The largest absolute Gasteiger partial charge is 0.379 e. The Morgan fingerprint density at radius 2 is 2.00 bits per heavy atom. The fraction of sp³-hybridized carbons (Fsp3) is 0.481. The zero-order chi connectivity index (χ0) is 27.8. The summed E-state index contributed by atoms with van der Waals surface area (Å²) in [4.78, 5) is 19.2. The second-order valence-corrected chi connectivity index (χ2v) is 13.0. The van der Waals surface area contributed by atoms with Crippen molar-refractivity contribution in [1.29, 1.82) is 0 Å². The monoisotopic (exact) mass is 557 g/mol. The molecule has 2 aliphatic carbocycles. The number of ether oxygens (including phenoxy) is 1. The van der Waals surface area contributed by atoms with Gasteiger partial charge in [0.2, 0.25) is 5.89 Å². The van der Waals surface area contributed by atoms with Crippen LogP contribution < -0.4 is 4.90 Å². The lowest BCUT2D eigenvalue weighted by molar-refractivity contribution is -0.116. The van der Waals surface area contributed by atoms with Crippen molar-refractivity contribution >= 4 is 21.6 Å². The number of benzene rings is 1. The van der Waals surface area contributed by atoms with Crippen LogP contribution in [0.15, 0.2) is 52.8 Å². The van der Waals surface area contributed by atoms with E-state index in [1.165, 1.54) is 18.5 Å². The molecule has 2 aromatic heterocycles. The molecule has 0 spiro atoms. The van der Waals surface area contributed by atoms with E-state index in [9.17, 15) is 17.6 Å². The average molecular weight is 558 g/mol. The molecule has 12 heteroatoms. The number of amides is 1. The minimum absolute atomic E-state index is 0.0783. The summed E-state index contributed by atoms with van der Waals surface area (Å²) in [6.07, 6.45) is 5.02. The molecule has 1 aromatic carbocycles. The predicted octanol–water partition coefficient (Wildman–Crippen LogP) is 3.83. The molecular weight excluding hydrogens is 525 g/mol. The maximum absolute atomic E-state index is 13.5. The zero-order valence-corrected chi connectivity index (χ0v) is 23.0. The van der Waals surface area contributed by atoms with Crippen LogP contribution in [-0.2, 0) is 31.4 Å². The van der Waals surface area contributed by atoms with E-state index < -0.39 is 16.2 Å². The maximum Gasteiger partial charge on any atom is 0.256 e. The lowest BCUT2D eigenvalue weighted by Gasteiger charge is -2.28. The average Bonchev–Trinajstić information content (AvgIpc) is 3.42. The Hall–Kier alpha value is -3.38. The van der Waals surface area contributed by atoms with Crippen LogP contribution in [0.25, 0.3) is 11.1 Å². The number of anilines is 1. The number of allylic oxidation sites excluding steroid dienone is 1. The van der Waals surface area contributed by atoms with Crippen LogP contribution >= 0.6 is 0 Å². The quantitative estimate of drug-likeness (QED) is 0.326. The van der Waals surface area contributed by atoms with Gasteiger partial charge in [0.25, 0.3) is 15.9 Å². The normalized spacial score (nSPS) is 17.5. The first-order valence-corrected chi connectivity index (χ1v) is 14.5. The summed E-state index contributed by atoms with van der Waals surface area (Å²) >= 11 is 0. The van der Waals surface area contributed by atoms with Gasteiger partial charge in [0.15, 0.2) is 5.82 Å². The van der Waals surface area contributed by atoms with E-state index in [-0.39, 0.29) is 36.1 Å². The molecule has 10 nitrogen and oxygen atoms in total. The van der Waals surface area contributed by atoms with E-state index in [0.717, 1.165) is 4.09 Å². The molecule has 1 saturated carbocycles. The van der Waals surface area contributed by atoms with E-state index in [4.69, 9.17) is 9.26 Å². The lowest BCUT2D eigenvalue weighted by atomic mass is 9.95. The third kappa shape index (κ3) is 6.11. The number of carbonyl (C=O) groups is 1. The van der Waals surface area contributed by atoms with Crippen LogP contribution in [0.2, 0.25) is 0 Å². The summed E-state index contributed by atoms with van der Waals surface area (Å²) in [7, 11) is -3.48. The Labute approximate surface area is 226 Å². The Morgan fingerprint density at radius 3 is 2.67 bits per heavy atom. The van der Waals surface area contributed by atoms with Crippen LogP contribution in [0.5, 0.6) is 0 Å². The fourth-order valence-electron chi connectivity index (χ4n) is 4.12. The van der Waals surface area contributed by atoms with Crippen molar-refractivity contribution in [2.75, 3.05) is 24.7 Å². The van der Waals surface area contributed by atoms with Crippen molar-refractivity contribution in [1.82, 2.24) is 19.3 Å². The van der Waals surface area contributed by atoms with E-state index in [0.29, 0.717) is 60.0 Å². The number of hydrogen-bond acceptors (Lipinski definition) is 8. The van der Waals surface area contributed by atoms with Crippen LogP contribution in [-0.4, -0.2) is 64.8 Å². The van der Waals surface area contributed by atoms with E-state index in [1.54, 1.807) is 23.1 Å². The highest BCUT2D eigenvalue weighted by Gasteiger charge is 2.37. The first-order valence-electron chi connectivity index (χ1n) is 13.0. The minimum Gasteiger partial charge on any atom is -0.379 e. The Balaban J connectivity index is 1.27. The molecule has 1 fully saturated rings. The molecule has 0 bridgehead atoms. The minimum atomic E-state index is -3.48. The summed E-state index contributed by atoms with van der Waals surface area (Å²) in [5, 5.41) is 7.70. The standard InChI is InChI=1S/C27H32FN5O5S/c1-27(2,3)26-30-24(38-31-26)9-11-37-12-10-32(25(34)19-13-21(28)14-19)22-6-4-5-18(15-22)20-16-29-33(17-20)39(35,36)23-7-8-23/h4-6,13,15-17,21,23H,7-12,14H2,1-3H3. The highest BCUT2D eigenvalue weighted by Crippen LogP contribution is 2.32. The molecule has 0 saturated heterocycles. The topological polar surface area (TPSA) is 120 Å². The van der Waals surface area contributed by atoms with Gasteiger partial charge in [-0.05, 0) is 36.6 Å². The number of aromatic nitrogens is 4. The van der Waals surface area contributed by atoms with Crippen molar-refractivity contribution in [2.45, 2.75) is 63.3 Å². The molecular formula is C27H32FN5O5S. The number of nitrogens with zero attached hydrogens (tertiary/aromatic N) is 5. The van der Waals surface area contributed by atoms with Gasteiger partial charge < -0.3 is 14.2 Å². The second-order valence-electron chi connectivity index (χ2n) is 10.9. The molecule has 5 rings (SSSR count). The molecule has 0 radical (unpaired) electrons. The van der Waals surface area contributed by atoms with E-state index in [2.05, 4.69) is 15.2 Å². The Bertz CT molecular complexity index is 1490. The summed E-state index contributed by atoms with van der Waals surface area (Å²) in [6.45, 7) is 6.82. The third-order valence-electron chi connectivity index (χ3n) is 6.63. The van der Waals surface area contributed by atoms with Gasteiger partial charge in [-0.3, -0.25) is 4.79 Å². The number of halogens is 1. The second kappa shape index (κ2) is 10.6. The highest BCUT2D eigenvalue weighted by atomic mass is 32.2. The number of alkyl halides is 1. The smallest absolute Gasteiger partial charge is 0.256 e. The van der Waals surface area contributed by atoms with Gasteiger partial charge in [-0.2, -0.15) is 14.2 Å². The van der Waals surface area contributed by atoms with Crippen molar-refractivity contribution in [2.24, 2.45) is 0 Å². The highest BCUT2D eigenvalue weighted by molar-refractivity contribution is 7.90. The first kappa shape index (κ1) is 27.2.